The molecule has 1 aliphatic rings. The van der Waals surface area contributed by atoms with Gasteiger partial charge in [-0.25, -0.2) is 0 Å². The fourth-order valence-corrected chi connectivity index (χ4v) is 2.82. The second kappa shape index (κ2) is 8.03. The number of amides is 1. The Labute approximate surface area is 127 Å². The highest BCUT2D eigenvalue weighted by atomic mass is 16.5. The van der Waals surface area contributed by atoms with Crippen LogP contribution in [-0.4, -0.2) is 42.6 Å². The zero-order valence-electron chi connectivity index (χ0n) is 13.0. The lowest BCUT2D eigenvalue weighted by atomic mass is 10.0. The van der Waals surface area contributed by atoms with Crippen LogP contribution < -0.4 is 10.1 Å². The zero-order valence-corrected chi connectivity index (χ0v) is 13.0. The highest BCUT2D eigenvalue weighted by molar-refractivity contribution is 5.81. The van der Waals surface area contributed by atoms with Gasteiger partial charge >= 0.3 is 0 Å². The van der Waals surface area contributed by atoms with Crippen LogP contribution in [0.5, 0.6) is 5.75 Å². The second-order valence-corrected chi connectivity index (χ2v) is 5.59. The molecule has 1 saturated heterocycles. The Morgan fingerprint density at radius 1 is 1.33 bits per heavy atom. The maximum absolute atomic E-state index is 12.7. The van der Waals surface area contributed by atoms with Crippen molar-refractivity contribution < 1.29 is 9.53 Å². The van der Waals surface area contributed by atoms with E-state index in [1.165, 1.54) is 0 Å². The minimum atomic E-state index is -0.436. The van der Waals surface area contributed by atoms with Gasteiger partial charge in [0.2, 0.25) is 0 Å². The van der Waals surface area contributed by atoms with E-state index in [9.17, 15) is 4.79 Å². The Balaban J connectivity index is 1.99. The summed E-state index contributed by atoms with van der Waals surface area (Å²) in [6.45, 7) is 6.76. The summed E-state index contributed by atoms with van der Waals surface area (Å²) < 4.78 is 5.79. The molecule has 1 N–H and O–H groups in total. The molecule has 0 aliphatic carbocycles. The third kappa shape index (κ3) is 4.46. The highest BCUT2D eigenvalue weighted by Gasteiger charge is 2.28. The number of nitrogens with zero attached hydrogens (tertiary/aromatic N) is 1. The number of nitrogens with one attached hydrogen (secondary N) is 1. The first-order valence-corrected chi connectivity index (χ1v) is 7.95. The summed E-state index contributed by atoms with van der Waals surface area (Å²) >= 11 is 0. The average Bonchev–Trinajstić information content (AvgIpc) is 2.53. The van der Waals surface area contributed by atoms with E-state index in [0.717, 1.165) is 44.6 Å². The lowest BCUT2D eigenvalue weighted by Crippen LogP contribution is -2.50. The summed E-state index contributed by atoms with van der Waals surface area (Å²) in [4.78, 5) is 14.7. The van der Waals surface area contributed by atoms with Gasteiger partial charge in [-0.3, -0.25) is 4.79 Å². The van der Waals surface area contributed by atoms with Crippen LogP contribution in [0, 0.1) is 0 Å². The third-order valence-corrected chi connectivity index (χ3v) is 3.90. The molecule has 2 rings (SSSR count). The maximum Gasteiger partial charge on any atom is 0.263 e. The molecular weight excluding hydrogens is 264 g/mol. The number of carbonyl (C=O) groups is 1. The predicted molar refractivity (Wildman–Crippen MR) is 84.4 cm³/mol. The number of para-hydroxylation sites is 1. The van der Waals surface area contributed by atoms with Gasteiger partial charge in [0.1, 0.15) is 5.75 Å². The minimum absolute atomic E-state index is 0.104. The van der Waals surface area contributed by atoms with Crippen molar-refractivity contribution in [2.24, 2.45) is 0 Å². The van der Waals surface area contributed by atoms with Crippen molar-refractivity contribution in [2.75, 3.05) is 19.6 Å². The predicted octanol–water partition coefficient (Wildman–Crippen LogP) is 2.44. The Bertz CT molecular complexity index is 430. The first-order chi connectivity index (χ1) is 10.2. The molecule has 1 aromatic carbocycles. The van der Waals surface area contributed by atoms with Crippen molar-refractivity contribution in [3.8, 4) is 5.75 Å². The molecular formula is C17H26N2O2. The molecule has 0 aromatic heterocycles. The Morgan fingerprint density at radius 3 is 2.62 bits per heavy atom. The molecule has 0 radical (unpaired) electrons. The van der Waals surface area contributed by atoms with Crippen molar-refractivity contribution in [1.82, 2.24) is 10.2 Å². The quantitative estimate of drug-likeness (QED) is 0.875. The van der Waals surface area contributed by atoms with E-state index in [1.807, 2.05) is 42.2 Å². The summed E-state index contributed by atoms with van der Waals surface area (Å²) in [5, 5.41) is 3.35. The van der Waals surface area contributed by atoms with E-state index in [-0.39, 0.29) is 5.91 Å². The molecule has 21 heavy (non-hydrogen) atoms. The number of benzene rings is 1. The summed E-state index contributed by atoms with van der Waals surface area (Å²) in [5.41, 5.74) is 0. The van der Waals surface area contributed by atoms with Gasteiger partial charge in [-0.2, -0.15) is 0 Å². The number of rotatable bonds is 6. The molecule has 1 amide bonds. The first kappa shape index (κ1) is 15.8. The summed E-state index contributed by atoms with van der Waals surface area (Å²) in [6, 6.07) is 9.90. The Morgan fingerprint density at radius 2 is 2.00 bits per heavy atom. The van der Waals surface area contributed by atoms with Crippen LogP contribution in [0.1, 0.15) is 33.1 Å². The standard InChI is InChI=1S/C17H26N2O2/c1-3-13-19(15-9-11-18-12-10-15)17(20)14(2)21-16-7-5-4-6-8-16/h4-8,14-15,18H,3,9-13H2,1-2H3. The lowest BCUT2D eigenvalue weighted by Gasteiger charge is -2.36. The van der Waals surface area contributed by atoms with Crippen molar-refractivity contribution in [2.45, 2.75) is 45.3 Å². The number of ether oxygens (including phenoxy) is 1. The molecule has 1 fully saturated rings. The van der Waals surface area contributed by atoms with Crippen molar-refractivity contribution in [3.05, 3.63) is 30.3 Å². The van der Waals surface area contributed by atoms with E-state index >= 15 is 0 Å². The number of piperidine rings is 1. The van der Waals surface area contributed by atoms with Crippen molar-refractivity contribution in [3.63, 3.8) is 0 Å². The average molecular weight is 290 g/mol. The molecule has 0 bridgehead atoms. The maximum atomic E-state index is 12.7. The Kier molecular flexibility index (Phi) is 6.05. The summed E-state index contributed by atoms with van der Waals surface area (Å²) in [5.74, 6) is 0.854. The second-order valence-electron chi connectivity index (χ2n) is 5.59. The Hall–Kier alpha value is -1.55. The van der Waals surface area contributed by atoms with Crippen LogP contribution >= 0.6 is 0 Å². The monoisotopic (exact) mass is 290 g/mol. The minimum Gasteiger partial charge on any atom is -0.481 e. The fourth-order valence-electron chi connectivity index (χ4n) is 2.82. The molecule has 1 heterocycles. The lowest BCUT2D eigenvalue weighted by molar-refractivity contribution is -0.141. The number of hydrogen-bond donors (Lipinski definition) is 1. The molecule has 0 spiro atoms. The van der Waals surface area contributed by atoms with E-state index in [1.54, 1.807) is 0 Å². The first-order valence-electron chi connectivity index (χ1n) is 7.95. The molecule has 4 heteroatoms. The van der Waals surface area contributed by atoms with Crippen LogP contribution in [0.25, 0.3) is 0 Å². The zero-order chi connectivity index (χ0) is 15.1. The molecule has 1 unspecified atom stereocenters. The summed E-state index contributed by atoms with van der Waals surface area (Å²) in [6.07, 6.45) is 2.61. The van der Waals surface area contributed by atoms with Gasteiger partial charge in [0.25, 0.3) is 5.91 Å². The van der Waals surface area contributed by atoms with Crippen LogP contribution in [-0.2, 0) is 4.79 Å². The largest absolute Gasteiger partial charge is 0.481 e. The van der Waals surface area contributed by atoms with Crippen LogP contribution in [0.3, 0.4) is 0 Å². The van der Waals surface area contributed by atoms with Gasteiger partial charge in [-0.05, 0) is 51.4 Å². The van der Waals surface area contributed by atoms with E-state index in [4.69, 9.17) is 4.74 Å². The van der Waals surface area contributed by atoms with E-state index < -0.39 is 6.10 Å². The molecule has 1 aliphatic heterocycles. The molecule has 4 nitrogen and oxygen atoms in total. The number of carbonyl (C=O) groups excluding carboxylic acids is 1. The van der Waals surface area contributed by atoms with E-state index in [0.29, 0.717) is 6.04 Å². The molecule has 116 valence electrons. The van der Waals surface area contributed by atoms with Gasteiger partial charge in [0.05, 0.1) is 0 Å². The molecule has 0 saturated carbocycles. The van der Waals surface area contributed by atoms with Crippen LogP contribution in [0.4, 0.5) is 0 Å². The SMILES string of the molecule is CCCN(C(=O)C(C)Oc1ccccc1)C1CCNCC1. The highest BCUT2D eigenvalue weighted by Crippen LogP contribution is 2.17. The van der Waals surface area contributed by atoms with E-state index in [2.05, 4.69) is 12.2 Å². The molecule has 1 aromatic rings. The molecule has 1 atom stereocenters. The van der Waals surface area contributed by atoms with Gasteiger partial charge in [0.15, 0.2) is 6.10 Å². The van der Waals surface area contributed by atoms with Gasteiger partial charge < -0.3 is 15.0 Å². The van der Waals surface area contributed by atoms with Gasteiger partial charge in [-0.1, -0.05) is 25.1 Å². The fraction of sp³-hybridized carbons (Fsp3) is 0.588. The van der Waals surface area contributed by atoms with Gasteiger partial charge in [-0.15, -0.1) is 0 Å². The van der Waals surface area contributed by atoms with Crippen LogP contribution in [0.2, 0.25) is 0 Å². The summed E-state index contributed by atoms with van der Waals surface area (Å²) in [7, 11) is 0. The van der Waals surface area contributed by atoms with Crippen molar-refractivity contribution >= 4 is 5.91 Å². The smallest absolute Gasteiger partial charge is 0.263 e. The topological polar surface area (TPSA) is 41.6 Å². The van der Waals surface area contributed by atoms with Gasteiger partial charge in [0, 0.05) is 12.6 Å². The number of hydrogen-bond acceptors (Lipinski definition) is 3. The van der Waals surface area contributed by atoms with Crippen molar-refractivity contribution in [1.29, 1.82) is 0 Å². The van der Waals surface area contributed by atoms with Crippen LogP contribution in [0.15, 0.2) is 30.3 Å². The third-order valence-electron chi connectivity index (χ3n) is 3.90. The normalized spacial score (nSPS) is 17.2.